The van der Waals surface area contributed by atoms with Gasteiger partial charge in [-0.3, -0.25) is 0 Å². The van der Waals surface area contributed by atoms with Gasteiger partial charge in [0.05, 0.1) is 6.20 Å². The zero-order valence-electron chi connectivity index (χ0n) is 10.6. The number of halogens is 2. The van der Waals surface area contributed by atoms with Crippen LogP contribution in [0.3, 0.4) is 0 Å². The molecule has 0 atom stereocenters. The second kappa shape index (κ2) is 4.28. The molecule has 0 radical (unpaired) electrons. The molecule has 100 valence electrons. The molecule has 5 heteroatoms. The largest absolute Gasteiger partial charge is 0.233 e. The summed E-state index contributed by atoms with van der Waals surface area (Å²) >= 11 is 6.41. The summed E-state index contributed by atoms with van der Waals surface area (Å²) in [7, 11) is 0. The summed E-state index contributed by atoms with van der Waals surface area (Å²) in [6, 6.07) is 6.34. The standard InChI is InChI=1S/C15H11ClFN3/c16-14-11-2-1-3-13(11)19-15-12(8-18-20(14)15)9-4-6-10(17)7-5-9/h4-8H,1-3H2. The smallest absolute Gasteiger partial charge is 0.164 e. The molecule has 0 aliphatic heterocycles. The topological polar surface area (TPSA) is 30.2 Å². The minimum atomic E-state index is -0.253. The summed E-state index contributed by atoms with van der Waals surface area (Å²) in [5, 5.41) is 4.97. The van der Waals surface area contributed by atoms with Crippen LogP contribution < -0.4 is 0 Å². The molecule has 0 fully saturated rings. The normalized spacial score (nSPS) is 13.9. The molecule has 3 aromatic rings. The average molecular weight is 288 g/mol. The van der Waals surface area contributed by atoms with Crippen LogP contribution in [-0.2, 0) is 12.8 Å². The lowest BCUT2D eigenvalue weighted by atomic mass is 10.1. The van der Waals surface area contributed by atoms with E-state index in [1.807, 2.05) is 0 Å². The van der Waals surface area contributed by atoms with E-state index in [2.05, 4.69) is 5.10 Å². The van der Waals surface area contributed by atoms with Crippen molar-refractivity contribution in [1.82, 2.24) is 14.6 Å². The van der Waals surface area contributed by atoms with Crippen LogP contribution in [0.5, 0.6) is 0 Å². The van der Waals surface area contributed by atoms with Gasteiger partial charge in [0, 0.05) is 16.8 Å². The maximum atomic E-state index is 13.0. The van der Waals surface area contributed by atoms with Crippen molar-refractivity contribution < 1.29 is 4.39 Å². The first-order chi connectivity index (χ1) is 9.74. The van der Waals surface area contributed by atoms with Gasteiger partial charge in [-0.25, -0.2) is 13.9 Å². The van der Waals surface area contributed by atoms with Gasteiger partial charge in [-0.2, -0.15) is 5.10 Å². The van der Waals surface area contributed by atoms with Crippen molar-refractivity contribution in [3.05, 3.63) is 52.7 Å². The first kappa shape index (κ1) is 11.9. The van der Waals surface area contributed by atoms with E-state index >= 15 is 0 Å². The maximum Gasteiger partial charge on any atom is 0.164 e. The third-order valence-corrected chi connectivity index (χ3v) is 4.15. The number of aryl methyl sites for hydroxylation is 1. The van der Waals surface area contributed by atoms with Crippen LogP contribution in [0.1, 0.15) is 17.7 Å². The predicted octanol–water partition coefficient (Wildman–Crippen LogP) is 3.68. The Labute approximate surface area is 120 Å². The Morgan fingerprint density at radius 2 is 1.95 bits per heavy atom. The maximum absolute atomic E-state index is 13.0. The highest BCUT2D eigenvalue weighted by molar-refractivity contribution is 6.30. The van der Waals surface area contributed by atoms with Crippen LogP contribution in [0, 0.1) is 5.82 Å². The molecule has 0 bridgehead atoms. The minimum Gasteiger partial charge on any atom is -0.233 e. The second-order valence-electron chi connectivity index (χ2n) is 4.98. The van der Waals surface area contributed by atoms with Gasteiger partial charge >= 0.3 is 0 Å². The highest BCUT2D eigenvalue weighted by Crippen LogP contribution is 2.32. The minimum absolute atomic E-state index is 0.253. The first-order valence-electron chi connectivity index (χ1n) is 6.55. The first-order valence-corrected chi connectivity index (χ1v) is 6.93. The van der Waals surface area contributed by atoms with E-state index < -0.39 is 0 Å². The SMILES string of the molecule is Fc1ccc(-c2cnn3c(Cl)c4c(nc23)CCC4)cc1. The predicted molar refractivity (Wildman–Crippen MR) is 75.4 cm³/mol. The summed E-state index contributed by atoms with van der Waals surface area (Å²) in [4.78, 5) is 4.70. The molecule has 4 rings (SSSR count). The lowest BCUT2D eigenvalue weighted by Crippen LogP contribution is -1.99. The van der Waals surface area contributed by atoms with Gasteiger partial charge in [-0.05, 0) is 37.0 Å². The Morgan fingerprint density at radius 3 is 2.75 bits per heavy atom. The average Bonchev–Trinajstić information content (AvgIpc) is 3.07. The fourth-order valence-electron chi connectivity index (χ4n) is 2.76. The molecule has 0 amide bonds. The van der Waals surface area contributed by atoms with E-state index in [9.17, 15) is 4.39 Å². The molecule has 0 spiro atoms. The Bertz CT molecular complexity index is 808. The summed E-state index contributed by atoms with van der Waals surface area (Å²) in [6.07, 6.45) is 4.74. The summed E-state index contributed by atoms with van der Waals surface area (Å²) in [5.41, 5.74) is 4.67. The fraction of sp³-hybridized carbons (Fsp3) is 0.200. The molecule has 0 N–H and O–H groups in total. The molecule has 20 heavy (non-hydrogen) atoms. The van der Waals surface area contributed by atoms with Crippen molar-refractivity contribution in [3.63, 3.8) is 0 Å². The van der Waals surface area contributed by atoms with Gasteiger partial charge in [-0.15, -0.1) is 0 Å². The second-order valence-corrected chi connectivity index (χ2v) is 5.34. The Hall–Kier alpha value is -1.94. The molecule has 0 saturated heterocycles. The zero-order valence-corrected chi connectivity index (χ0v) is 11.4. The van der Waals surface area contributed by atoms with Crippen molar-refractivity contribution in [2.45, 2.75) is 19.3 Å². The molecule has 2 heterocycles. The molecular formula is C15H11ClFN3. The van der Waals surface area contributed by atoms with Crippen LogP contribution >= 0.6 is 11.6 Å². The number of aromatic nitrogens is 3. The number of rotatable bonds is 1. The fourth-order valence-corrected chi connectivity index (χ4v) is 3.08. The summed E-state index contributed by atoms with van der Waals surface area (Å²) in [5.74, 6) is -0.253. The number of benzene rings is 1. The van der Waals surface area contributed by atoms with Crippen LogP contribution in [0.4, 0.5) is 4.39 Å². The van der Waals surface area contributed by atoms with E-state index in [-0.39, 0.29) is 5.82 Å². The summed E-state index contributed by atoms with van der Waals surface area (Å²) in [6.45, 7) is 0. The summed E-state index contributed by atoms with van der Waals surface area (Å²) < 4.78 is 14.7. The van der Waals surface area contributed by atoms with Crippen molar-refractivity contribution in [2.75, 3.05) is 0 Å². The van der Waals surface area contributed by atoms with Gasteiger partial charge in [0.2, 0.25) is 0 Å². The Morgan fingerprint density at radius 1 is 1.15 bits per heavy atom. The lowest BCUT2D eigenvalue weighted by Gasteiger charge is -2.05. The van der Waals surface area contributed by atoms with Gasteiger partial charge in [-0.1, -0.05) is 23.7 Å². The third-order valence-electron chi connectivity index (χ3n) is 3.76. The van der Waals surface area contributed by atoms with E-state index in [1.165, 1.54) is 12.1 Å². The van der Waals surface area contributed by atoms with E-state index in [0.29, 0.717) is 5.15 Å². The Balaban J connectivity index is 1.98. The van der Waals surface area contributed by atoms with Crippen LogP contribution in [-0.4, -0.2) is 14.6 Å². The molecular weight excluding hydrogens is 277 g/mol. The molecule has 3 nitrogen and oxygen atoms in total. The molecule has 0 saturated carbocycles. The molecule has 0 unspecified atom stereocenters. The number of fused-ring (bicyclic) bond motifs is 2. The quantitative estimate of drug-likeness (QED) is 0.639. The molecule has 1 aliphatic carbocycles. The Kier molecular flexibility index (Phi) is 2.54. The molecule has 2 aromatic heterocycles. The van der Waals surface area contributed by atoms with Crippen LogP contribution in [0.15, 0.2) is 30.5 Å². The third kappa shape index (κ3) is 1.64. The lowest BCUT2D eigenvalue weighted by molar-refractivity contribution is 0.628. The highest BCUT2D eigenvalue weighted by atomic mass is 35.5. The van der Waals surface area contributed by atoms with E-state index in [4.69, 9.17) is 16.6 Å². The van der Waals surface area contributed by atoms with Crippen LogP contribution in [0.25, 0.3) is 16.8 Å². The molecule has 1 aliphatic rings. The van der Waals surface area contributed by atoms with E-state index in [0.717, 1.165) is 47.3 Å². The van der Waals surface area contributed by atoms with Gasteiger partial charge in [0.1, 0.15) is 11.0 Å². The highest BCUT2D eigenvalue weighted by Gasteiger charge is 2.21. The van der Waals surface area contributed by atoms with Gasteiger partial charge in [0.15, 0.2) is 5.65 Å². The number of nitrogens with zero attached hydrogens (tertiary/aromatic N) is 3. The van der Waals surface area contributed by atoms with Crippen molar-refractivity contribution >= 4 is 17.2 Å². The zero-order chi connectivity index (χ0) is 13.7. The monoisotopic (exact) mass is 287 g/mol. The number of hydrogen-bond acceptors (Lipinski definition) is 2. The van der Waals surface area contributed by atoms with Crippen molar-refractivity contribution in [3.8, 4) is 11.1 Å². The van der Waals surface area contributed by atoms with Gasteiger partial charge < -0.3 is 0 Å². The molecule has 1 aromatic carbocycles. The van der Waals surface area contributed by atoms with Crippen LogP contribution in [0.2, 0.25) is 5.15 Å². The van der Waals surface area contributed by atoms with Crippen molar-refractivity contribution in [1.29, 1.82) is 0 Å². The number of hydrogen-bond donors (Lipinski definition) is 0. The van der Waals surface area contributed by atoms with E-state index in [1.54, 1.807) is 22.8 Å². The van der Waals surface area contributed by atoms with Crippen molar-refractivity contribution in [2.24, 2.45) is 0 Å². The van der Waals surface area contributed by atoms with Gasteiger partial charge in [0.25, 0.3) is 0 Å².